The first-order valence-electron chi connectivity index (χ1n) is 7.30. The Morgan fingerprint density at radius 1 is 1.38 bits per heavy atom. The molecule has 2 rings (SSSR count). The maximum atomic E-state index is 12.4. The highest BCUT2D eigenvalue weighted by atomic mass is 16.4. The van der Waals surface area contributed by atoms with Gasteiger partial charge in [-0.15, -0.1) is 0 Å². The Kier molecular flexibility index (Phi) is 4.50. The summed E-state index contributed by atoms with van der Waals surface area (Å²) < 4.78 is 0. The first-order chi connectivity index (χ1) is 9.88. The summed E-state index contributed by atoms with van der Waals surface area (Å²) in [7, 11) is 0. The molecular formula is C16H22N2O3. The van der Waals surface area contributed by atoms with E-state index in [1.165, 1.54) is 6.07 Å². The molecule has 2 N–H and O–H groups in total. The van der Waals surface area contributed by atoms with Gasteiger partial charge in [-0.2, -0.15) is 0 Å². The summed E-state index contributed by atoms with van der Waals surface area (Å²) in [4.78, 5) is 25.2. The fourth-order valence-corrected chi connectivity index (χ4v) is 2.35. The zero-order chi connectivity index (χ0) is 15.6. The van der Waals surface area contributed by atoms with E-state index in [0.29, 0.717) is 23.2 Å². The number of carbonyl (C=O) groups excluding carboxylic acids is 1. The normalized spacial score (nSPS) is 14.1. The van der Waals surface area contributed by atoms with Gasteiger partial charge in [0.25, 0.3) is 0 Å². The molecule has 1 aromatic rings. The summed E-state index contributed by atoms with van der Waals surface area (Å²) in [5, 5.41) is 11.9. The standard InChI is InChI=1S/C16H22N2O3/c1-10(2)9-18(13-5-6-13)16(21)17-12-4-7-14(15(19)20)11(3)8-12/h4,7-8,10,13H,5-6,9H2,1-3H3,(H,17,21)(H,19,20). The Labute approximate surface area is 125 Å². The molecule has 0 unspecified atom stereocenters. The smallest absolute Gasteiger partial charge is 0.335 e. The molecule has 1 saturated carbocycles. The molecule has 1 fully saturated rings. The molecule has 1 aromatic carbocycles. The number of aromatic carboxylic acids is 1. The Bertz CT molecular complexity index is 550. The van der Waals surface area contributed by atoms with Gasteiger partial charge in [0.05, 0.1) is 5.56 Å². The van der Waals surface area contributed by atoms with E-state index in [9.17, 15) is 9.59 Å². The number of nitrogens with zero attached hydrogens (tertiary/aromatic N) is 1. The fraction of sp³-hybridized carbons (Fsp3) is 0.500. The summed E-state index contributed by atoms with van der Waals surface area (Å²) in [5.74, 6) is -0.530. The van der Waals surface area contributed by atoms with Gasteiger partial charge in [0, 0.05) is 18.3 Å². The second-order valence-corrected chi connectivity index (χ2v) is 6.04. The maximum Gasteiger partial charge on any atom is 0.335 e. The van der Waals surface area contributed by atoms with Crippen LogP contribution in [-0.4, -0.2) is 34.6 Å². The highest BCUT2D eigenvalue weighted by Gasteiger charge is 2.32. The fourth-order valence-electron chi connectivity index (χ4n) is 2.35. The molecule has 5 heteroatoms. The van der Waals surface area contributed by atoms with Crippen LogP contribution in [0.4, 0.5) is 10.5 Å². The second-order valence-electron chi connectivity index (χ2n) is 6.04. The van der Waals surface area contributed by atoms with Crippen LogP contribution in [0.2, 0.25) is 0 Å². The molecule has 0 atom stereocenters. The average Bonchev–Trinajstić information content (AvgIpc) is 3.19. The van der Waals surface area contributed by atoms with Crippen LogP contribution in [0.15, 0.2) is 18.2 Å². The van der Waals surface area contributed by atoms with E-state index in [2.05, 4.69) is 19.2 Å². The number of benzene rings is 1. The largest absolute Gasteiger partial charge is 0.478 e. The van der Waals surface area contributed by atoms with E-state index in [4.69, 9.17) is 5.11 Å². The summed E-state index contributed by atoms with van der Waals surface area (Å²) in [5.41, 5.74) is 1.54. The molecular weight excluding hydrogens is 268 g/mol. The van der Waals surface area contributed by atoms with Crippen LogP contribution < -0.4 is 5.32 Å². The molecule has 1 aliphatic rings. The van der Waals surface area contributed by atoms with Gasteiger partial charge >= 0.3 is 12.0 Å². The van der Waals surface area contributed by atoms with Crippen molar-refractivity contribution in [1.82, 2.24) is 4.90 Å². The van der Waals surface area contributed by atoms with Crippen LogP contribution in [0.25, 0.3) is 0 Å². The summed E-state index contributed by atoms with van der Waals surface area (Å²) in [6.07, 6.45) is 2.13. The van der Waals surface area contributed by atoms with Crippen molar-refractivity contribution in [3.05, 3.63) is 29.3 Å². The number of hydrogen-bond acceptors (Lipinski definition) is 2. The van der Waals surface area contributed by atoms with Crippen LogP contribution in [0, 0.1) is 12.8 Å². The number of amides is 2. The zero-order valence-electron chi connectivity index (χ0n) is 12.7. The van der Waals surface area contributed by atoms with Crippen LogP contribution in [0.5, 0.6) is 0 Å². The van der Waals surface area contributed by atoms with Crippen molar-refractivity contribution in [2.45, 2.75) is 39.7 Å². The third-order valence-corrected chi connectivity index (χ3v) is 3.52. The Morgan fingerprint density at radius 2 is 2.05 bits per heavy atom. The highest BCUT2D eigenvalue weighted by molar-refractivity contribution is 5.93. The molecule has 5 nitrogen and oxygen atoms in total. The van der Waals surface area contributed by atoms with Gasteiger partial charge in [0.2, 0.25) is 0 Å². The summed E-state index contributed by atoms with van der Waals surface area (Å²) in [6.45, 7) is 6.65. The van der Waals surface area contributed by atoms with E-state index in [0.717, 1.165) is 19.4 Å². The van der Waals surface area contributed by atoms with E-state index < -0.39 is 5.97 Å². The van der Waals surface area contributed by atoms with Crippen LogP contribution in [-0.2, 0) is 0 Å². The topological polar surface area (TPSA) is 69.6 Å². The number of urea groups is 1. The molecule has 0 bridgehead atoms. The third-order valence-electron chi connectivity index (χ3n) is 3.52. The molecule has 0 heterocycles. The number of carboxylic acids is 1. The van der Waals surface area contributed by atoms with Gasteiger partial charge in [-0.3, -0.25) is 0 Å². The number of nitrogens with one attached hydrogen (secondary N) is 1. The molecule has 0 aromatic heterocycles. The molecule has 0 aliphatic heterocycles. The minimum Gasteiger partial charge on any atom is -0.478 e. The van der Waals surface area contributed by atoms with E-state index >= 15 is 0 Å². The lowest BCUT2D eigenvalue weighted by Crippen LogP contribution is -2.39. The van der Waals surface area contributed by atoms with Crippen molar-refractivity contribution in [3.63, 3.8) is 0 Å². The van der Waals surface area contributed by atoms with Crippen molar-refractivity contribution in [3.8, 4) is 0 Å². The minimum absolute atomic E-state index is 0.103. The Balaban J connectivity index is 2.07. The SMILES string of the molecule is Cc1cc(NC(=O)N(CC(C)C)C2CC2)ccc1C(=O)O. The Morgan fingerprint density at radius 3 is 2.52 bits per heavy atom. The van der Waals surface area contributed by atoms with E-state index in [-0.39, 0.29) is 11.6 Å². The number of carbonyl (C=O) groups is 2. The first kappa shape index (κ1) is 15.4. The molecule has 0 radical (unpaired) electrons. The average molecular weight is 290 g/mol. The van der Waals surface area contributed by atoms with E-state index in [1.54, 1.807) is 19.1 Å². The number of carboxylic acid groups (broad SMARTS) is 1. The van der Waals surface area contributed by atoms with Crippen molar-refractivity contribution in [2.75, 3.05) is 11.9 Å². The minimum atomic E-state index is -0.954. The van der Waals surface area contributed by atoms with Gasteiger partial charge < -0.3 is 15.3 Å². The van der Waals surface area contributed by atoms with Crippen molar-refractivity contribution in [2.24, 2.45) is 5.92 Å². The Hall–Kier alpha value is -2.04. The molecule has 2 amide bonds. The summed E-state index contributed by atoms with van der Waals surface area (Å²) in [6, 6.07) is 5.11. The predicted octanol–water partition coefficient (Wildman–Crippen LogP) is 3.35. The maximum absolute atomic E-state index is 12.4. The molecule has 1 aliphatic carbocycles. The molecule has 0 saturated heterocycles. The molecule has 0 spiro atoms. The van der Waals surface area contributed by atoms with Crippen molar-refractivity contribution < 1.29 is 14.7 Å². The zero-order valence-corrected chi connectivity index (χ0v) is 12.7. The van der Waals surface area contributed by atoms with Gasteiger partial charge in [-0.05, 0) is 49.4 Å². The van der Waals surface area contributed by atoms with Crippen LogP contribution >= 0.6 is 0 Å². The van der Waals surface area contributed by atoms with Gasteiger partial charge in [0.15, 0.2) is 0 Å². The van der Waals surface area contributed by atoms with Crippen molar-refractivity contribution in [1.29, 1.82) is 0 Å². The lowest BCUT2D eigenvalue weighted by molar-refractivity contribution is 0.0696. The lowest BCUT2D eigenvalue weighted by Gasteiger charge is -2.24. The van der Waals surface area contributed by atoms with Crippen molar-refractivity contribution >= 4 is 17.7 Å². The van der Waals surface area contributed by atoms with Gasteiger partial charge in [-0.1, -0.05) is 13.8 Å². The van der Waals surface area contributed by atoms with Crippen LogP contribution in [0.1, 0.15) is 42.6 Å². The van der Waals surface area contributed by atoms with Gasteiger partial charge in [-0.25, -0.2) is 9.59 Å². The third kappa shape index (κ3) is 3.97. The number of rotatable bonds is 5. The highest BCUT2D eigenvalue weighted by Crippen LogP contribution is 2.28. The number of hydrogen-bond donors (Lipinski definition) is 2. The lowest BCUT2D eigenvalue weighted by atomic mass is 10.1. The molecule has 21 heavy (non-hydrogen) atoms. The van der Waals surface area contributed by atoms with Gasteiger partial charge in [0.1, 0.15) is 0 Å². The number of aryl methyl sites for hydroxylation is 1. The summed E-state index contributed by atoms with van der Waals surface area (Å²) >= 11 is 0. The monoisotopic (exact) mass is 290 g/mol. The second kappa shape index (κ2) is 6.16. The number of anilines is 1. The van der Waals surface area contributed by atoms with E-state index in [1.807, 2.05) is 4.90 Å². The quantitative estimate of drug-likeness (QED) is 0.873. The van der Waals surface area contributed by atoms with Crippen LogP contribution in [0.3, 0.4) is 0 Å². The first-order valence-corrected chi connectivity index (χ1v) is 7.30. The molecule has 114 valence electrons. The predicted molar refractivity (Wildman–Crippen MR) is 81.7 cm³/mol.